The summed E-state index contributed by atoms with van der Waals surface area (Å²) in [4.78, 5) is 14.7. The Morgan fingerprint density at radius 3 is 2.38 bits per heavy atom. The van der Waals surface area contributed by atoms with Crippen LogP contribution in [0, 0.1) is 13.8 Å². The van der Waals surface area contributed by atoms with Crippen molar-refractivity contribution >= 4 is 27.7 Å². The van der Waals surface area contributed by atoms with E-state index in [-0.39, 0.29) is 29.6 Å². The topological polar surface area (TPSA) is 101 Å². The lowest BCUT2D eigenvalue weighted by molar-refractivity contribution is -0.129. The second kappa shape index (κ2) is 9.39. The molecular formula is C21H24N6O3S2. The minimum atomic E-state index is -3.56. The first-order valence-electron chi connectivity index (χ1n) is 10.2. The van der Waals surface area contributed by atoms with Gasteiger partial charge in [-0.3, -0.25) is 4.79 Å². The number of amides is 1. The molecule has 2 aromatic carbocycles. The highest BCUT2D eigenvalue weighted by Crippen LogP contribution is 2.22. The Morgan fingerprint density at radius 1 is 1.00 bits per heavy atom. The number of carbonyl (C=O) groups excluding carboxylic acids is 1. The van der Waals surface area contributed by atoms with E-state index >= 15 is 0 Å². The van der Waals surface area contributed by atoms with Crippen LogP contribution in [0.1, 0.15) is 11.1 Å². The first-order valence-corrected chi connectivity index (χ1v) is 12.6. The SMILES string of the molecule is Cc1ccc(S(=O)(=O)N2CCN(C(=O)CSc3nnnn3-c3ccccc3C)CC2)cc1. The van der Waals surface area contributed by atoms with Crippen LogP contribution in [0.2, 0.25) is 0 Å². The minimum absolute atomic E-state index is 0.0679. The number of aromatic nitrogens is 4. The van der Waals surface area contributed by atoms with Crippen LogP contribution in [-0.2, 0) is 14.8 Å². The van der Waals surface area contributed by atoms with Crippen LogP contribution in [-0.4, -0.2) is 75.7 Å². The number of benzene rings is 2. The maximum Gasteiger partial charge on any atom is 0.243 e. The summed E-state index contributed by atoms with van der Waals surface area (Å²) in [6.45, 7) is 5.14. The summed E-state index contributed by atoms with van der Waals surface area (Å²) in [6.07, 6.45) is 0. The van der Waals surface area contributed by atoms with Gasteiger partial charge in [0.15, 0.2) is 0 Å². The van der Waals surface area contributed by atoms with Gasteiger partial charge in [0.05, 0.1) is 16.3 Å². The summed E-state index contributed by atoms with van der Waals surface area (Å²) in [6, 6.07) is 14.6. The molecule has 1 saturated heterocycles. The van der Waals surface area contributed by atoms with Crippen LogP contribution in [0.3, 0.4) is 0 Å². The lowest BCUT2D eigenvalue weighted by Crippen LogP contribution is -2.50. The summed E-state index contributed by atoms with van der Waals surface area (Å²) in [5, 5.41) is 12.4. The Balaban J connectivity index is 1.35. The molecule has 11 heteroatoms. The Bertz CT molecular complexity index is 1200. The fourth-order valence-electron chi connectivity index (χ4n) is 3.48. The molecule has 0 atom stereocenters. The molecule has 3 aromatic rings. The van der Waals surface area contributed by atoms with Gasteiger partial charge in [-0.05, 0) is 48.0 Å². The molecule has 0 spiro atoms. The van der Waals surface area contributed by atoms with Crippen molar-refractivity contribution in [1.82, 2.24) is 29.4 Å². The molecule has 0 unspecified atom stereocenters. The summed E-state index contributed by atoms with van der Waals surface area (Å²) < 4.78 is 28.8. The van der Waals surface area contributed by atoms with Gasteiger partial charge in [0.25, 0.3) is 0 Å². The fourth-order valence-corrected chi connectivity index (χ4v) is 5.68. The van der Waals surface area contributed by atoms with E-state index < -0.39 is 10.0 Å². The number of tetrazole rings is 1. The van der Waals surface area contributed by atoms with Crippen LogP contribution in [0.25, 0.3) is 5.69 Å². The largest absolute Gasteiger partial charge is 0.339 e. The number of aryl methyl sites for hydroxylation is 2. The van der Waals surface area contributed by atoms with Gasteiger partial charge in [0.2, 0.25) is 21.1 Å². The highest BCUT2D eigenvalue weighted by Gasteiger charge is 2.30. The molecule has 32 heavy (non-hydrogen) atoms. The molecule has 1 fully saturated rings. The van der Waals surface area contributed by atoms with Crippen molar-refractivity contribution in [2.45, 2.75) is 23.9 Å². The van der Waals surface area contributed by atoms with Gasteiger partial charge in [0, 0.05) is 26.2 Å². The molecule has 9 nitrogen and oxygen atoms in total. The van der Waals surface area contributed by atoms with Crippen molar-refractivity contribution in [3.63, 3.8) is 0 Å². The second-order valence-electron chi connectivity index (χ2n) is 7.55. The molecule has 168 valence electrons. The maximum absolute atomic E-state index is 12.8. The molecule has 1 aliphatic rings. The third-order valence-corrected chi connectivity index (χ3v) is 8.18. The Hall–Kier alpha value is -2.76. The van der Waals surface area contributed by atoms with Crippen molar-refractivity contribution < 1.29 is 13.2 Å². The fraction of sp³-hybridized carbons (Fsp3) is 0.333. The average molecular weight is 473 g/mol. The first kappa shape index (κ1) is 22.4. The van der Waals surface area contributed by atoms with Crippen LogP contribution >= 0.6 is 11.8 Å². The van der Waals surface area contributed by atoms with E-state index in [0.29, 0.717) is 18.2 Å². The number of hydrogen-bond acceptors (Lipinski definition) is 7. The van der Waals surface area contributed by atoms with Gasteiger partial charge >= 0.3 is 0 Å². The van der Waals surface area contributed by atoms with Crippen molar-refractivity contribution in [3.05, 3.63) is 59.7 Å². The van der Waals surface area contributed by atoms with Gasteiger partial charge < -0.3 is 4.90 Å². The molecule has 0 radical (unpaired) electrons. The third kappa shape index (κ3) is 4.69. The summed E-state index contributed by atoms with van der Waals surface area (Å²) in [5.74, 6) is 0.110. The second-order valence-corrected chi connectivity index (χ2v) is 10.4. The highest BCUT2D eigenvalue weighted by molar-refractivity contribution is 7.99. The van der Waals surface area contributed by atoms with Gasteiger partial charge in [-0.2, -0.15) is 8.99 Å². The minimum Gasteiger partial charge on any atom is -0.339 e. The number of hydrogen-bond donors (Lipinski definition) is 0. The standard InChI is InChI=1S/C21H24N6O3S2/c1-16-7-9-18(10-8-16)32(29,30)26-13-11-25(12-14-26)20(28)15-31-21-22-23-24-27(21)19-6-4-3-5-17(19)2/h3-10H,11-15H2,1-2H3. The Kier molecular flexibility index (Phi) is 6.58. The zero-order valence-electron chi connectivity index (χ0n) is 17.9. The molecule has 0 bridgehead atoms. The predicted molar refractivity (Wildman–Crippen MR) is 121 cm³/mol. The molecule has 0 N–H and O–H groups in total. The zero-order valence-corrected chi connectivity index (χ0v) is 19.5. The number of thioether (sulfide) groups is 1. The van der Waals surface area contributed by atoms with Crippen LogP contribution in [0.4, 0.5) is 0 Å². The van der Waals surface area contributed by atoms with Crippen LogP contribution in [0.5, 0.6) is 0 Å². The maximum atomic E-state index is 12.8. The first-order chi connectivity index (χ1) is 15.4. The van der Waals surface area contributed by atoms with E-state index in [2.05, 4.69) is 15.5 Å². The smallest absolute Gasteiger partial charge is 0.243 e. The molecule has 1 aliphatic heterocycles. The number of para-hydroxylation sites is 1. The number of sulfonamides is 1. The highest BCUT2D eigenvalue weighted by atomic mass is 32.2. The van der Waals surface area contributed by atoms with Gasteiger partial charge in [0.1, 0.15) is 0 Å². The number of nitrogens with zero attached hydrogens (tertiary/aromatic N) is 6. The van der Waals surface area contributed by atoms with Crippen molar-refractivity contribution in [3.8, 4) is 5.69 Å². The molecule has 4 rings (SSSR count). The third-order valence-electron chi connectivity index (χ3n) is 5.36. The van der Waals surface area contributed by atoms with Gasteiger partial charge in [-0.15, -0.1) is 5.10 Å². The molecule has 2 heterocycles. The molecule has 1 aromatic heterocycles. The zero-order chi connectivity index (χ0) is 22.7. The monoisotopic (exact) mass is 472 g/mol. The van der Waals surface area contributed by atoms with Gasteiger partial charge in [-0.1, -0.05) is 47.7 Å². The van der Waals surface area contributed by atoms with Crippen molar-refractivity contribution in [1.29, 1.82) is 0 Å². The Labute approximate surface area is 191 Å². The van der Waals surface area contributed by atoms with E-state index in [9.17, 15) is 13.2 Å². The summed E-state index contributed by atoms with van der Waals surface area (Å²) in [5.41, 5.74) is 2.89. The van der Waals surface area contributed by atoms with Crippen molar-refractivity contribution in [2.24, 2.45) is 0 Å². The average Bonchev–Trinajstić information content (AvgIpc) is 3.26. The van der Waals surface area contributed by atoms with E-state index in [0.717, 1.165) is 16.8 Å². The van der Waals surface area contributed by atoms with E-state index in [1.807, 2.05) is 38.1 Å². The van der Waals surface area contributed by atoms with E-state index in [4.69, 9.17) is 0 Å². The summed E-state index contributed by atoms with van der Waals surface area (Å²) >= 11 is 1.27. The summed E-state index contributed by atoms with van der Waals surface area (Å²) in [7, 11) is -3.56. The molecule has 0 aliphatic carbocycles. The number of piperazine rings is 1. The molecular weight excluding hydrogens is 448 g/mol. The van der Waals surface area contributed by atoms with Crippen molar-refractivity contribution in [2.75, 3.05) is 31.9 Å². The lowest BCUT2D eigenvalue weighted by Gasteiger charge is -2.34. The molecule has 1 amide bonds. The number of carbonyl (C=O) groups is 1. The molecule has 0 saturated carbocycles. The Morgan fingerprint density at radius 2 is 1.69 bits per heavy atom. The normalized spacial score (nSPS) is 15.1. The van der Waals surface area contributed by atoms with E-state index in [1.54, 1.807) is 33.8 Å². The quantitative estimate of drug-likeness (QED) is 0.505. The lowest BCUT2D eigenvalue weighted by atomic mass is 10.2. The predicted octanol–water partition coefficient (Wildman–Crippen LogP) is 1.90. The van der Waals surface area contributed by atoms with Gasteiger partial charge in [-0.25, -0.2) is 8.42 Å². The van der Waals surface area contributed by atoms with Crippen LogP contribution < -0.4 is 0 Å². The number of rotatable bonds is 6. The van der Waals surface area contributed by atoms with Crippen LogP contribution in [0.15, 0.2) is 58.6 Å². The van der Waals surface area contributed by atoms with E-state index in [1.165, 1.54) is 16.1 Å².